The number of benzene rings is 2. The van der Waals surface area contributed by atoms with Gasteiger partial charge in [-0.1, -0.05) is 35.9 Å². The second-order valence-electron chi connectivity index (χ2n) is 5.16. The third-order valence-electron chi connectivity index (χ3n) is 3.68. The predicted molar refractivity (Wildman–Crippen MR) is 90.2 cm³/mol. The molecule has 112 valence electrons. The third kappa shape index (κ3) is 2.49. The number of carbonyl (C=O) groups is 1. The van der Waals surface area contributed by atoms with Crippen LogP contribution in [0.25, 0.3) is 5.03 Å². The average Bonchev–Trinajstić information content (AvgIpc) is 2.75. The smallest absolute Gasteiger partial charge is 0.266 e. The number of fused-ring (bicyclic) bond motifs is 1. The number of anilines is 1. The van der Waals surface area contributed by atoms with Crippen LogP contribution in [0.4, 0.5) is 5.69 Å². The maximum atomic E-state index is 12.5. The van der Waals surface area contributed by atoms with Crippen molar-refractivity contribution in [1.82, 2.24) is 0 Å². The lowest BCUT2D eigenvalue weighted by atomic mass is 10.1. The van der Waals surface area contributed by atoms with Crippen LogP contribution in [-0.4, -0.2) is 10.1 Å². The molecule has 2 aromatic carbocycles. The van der Waals surface area contributed by atoms with Crippen LogP contribution < -0.4 is 5.32 Å². The Morgan fingerprint density at radius 1 is 1.09 bits per heavy atom. The van der Waals surface area contributed by atoms with Gasteiger partial charge in [0.2, 0.25) is 0 Å². The minimum absolute atomic E-state index is 0.112. The molecule has 0 aromatic heterocycles. The van der Waals surface area contributed by atoms with Crippen LogP contribution in [0.15, 0.2) is 52.3 Å². The molecule has 1 amide bonds. The minimum atomic E-state index is -1.54. The molecule has 1 atom stereocenters. The van der Waals surface area contributed by atoms with Crippen LogP contribution in [0.2, 0.25) is 0 Å². The highest BCUT2D eigenvalue weighted by Crippen LogP contribution is 2.39. The Morgan fingerprint density at radius 3 is 2.50 bits per heavy atom. The van der Waals surface area contributed by atoms with Gasteiger partial charge in [-0.25, -0.2) is 4.21 Å². The van der Waals surface area contributed by atoms with Gasteiger partial charge in [-0.3, -0.25) is 4.79 Å². The van der Waals surface area contributed by atoms with Crippen molar-refractivity contribution >= 4 is 39.0 Å². The summed E-state index contributed by atoms with van der Waals surface area (Å²) in [5, 5.41) is 3.03. The number of amides is 1. The molecule has 0 saturated carbocycles. The number of nitrogens with one attached hydrogen (secondary N) is 1. The van der Waals surface area contributed by atoms with Gasteiger partial charge in [-0.05, 0) is 43.2 Å². The first-order valence-corrected chi connectivity index (χ1v) is 8.31. The van der Waals surface area contributed by atoms with Crippen LogP contribution >= 0.6 is 11.6 Å². The maximum Gasteiger partial charge on any atom is 0.266 e. The van der Waals surface area contributed by atoms with Crippen molar-refractivity contribution in [2.24, 2.45) is 0 Å². The Hall–Kier alpha value is -1.91. The summed E-state index contributed by atoms with van der Waals surface area (Å²) in [7, 11) is -1.54. The van der Waals surface area contributed by atoms with Gasteiger partial charge < -0.3 is 5.32 Å². The topological polar surface area (TPSA) is 46.2 Å². The Kier molecular flexibility index (Phi) is 3.89. The number of halogens is 1. The molecular weight excluding hydrogens is 318 g/mol. The summed E-state index contributed by atoms with van der Waals surface area (Å²) in [5.74, 6) is -0.428. The summed E-state index contributed by atoms with van der Waals surface area (Å²) in [5.41, 5.74) is 3.55. The molecule has 2 aromatic rings. The van der Waals surface area contributed by atoms with E-state index < -0.39 is 16.7 Å². The zero-order valence-electron chi connectivity index (χ0n) is 12.1. The van der Waals surface area contributed by atoms with Crippen molar-refractivity contribution in [3.05, 3.63) is 64.1 Å². The molecule has 0 saturated heterocycles. The average molecular weight is 332 g/mol. The summed E-state index contributed by atoms with van der Waals surface area (Å²) >= 11 is 6.25. The molecule has 22 heavy (non-hydrogen) atoms. The van der Waals surface area contributed by atoms with Crippen LogP contribution in [0.3, 0.4) is 0 Å². The van der Waals surface area contributed by atoms with E-state index in [0.717, 1.165) is 11.1 Å². The Morgan fingerprint density at radius 2 is 1.82 bits per heavy atom. The number of carbonyl (C=O) groups excluding carboxylic acids is 1. The lowest BCUT2D eigenvalue weighted by molar-refractivity contribution is -0.112. The standard InChI is InChI=1S/C17H14ClNO2S/c1-10-7-8-12(9-11(10)2)19-17(20)16-15(18)13-5-3-4-6-14(13)22(16)21/h3-9H,1-2H3,(H,19,20). The van der Waals surface area contributed by atoms with E-state index in [1.54, 1.807) is 18.2 Å². The first kappa shape index (κ1) is 15.0. The van der Waals surface area contributed by atoms with E-state index in [0.29, 0.717) is 16.1 Å². The lowest BCUT2D eigenvalue weighted by Crippen LogP contribution is -2.16. The number of aryl methyl sites for hydroxylation is 2. The number of hydrogen-bond acceptors (Lipinski definition) is 2. The van der Waals surface area contributed by atoms with Crippen LogP contribution in [0.1, 0.15) is 16.7 Å². The van der Waals surface area contributed by atoms with Crippen LogP contribution in [-0.2, 0) is 15.6 Å². The first-order chi connectivity index (χ1) is 10.5. The molecule has 0 radical (unpaired) electrons. The minimum Gasteiger partial charge on any atom is -0.321 e. The molecule has 1 aliphatic heterocycles. The van der Waals surface area contributed by atoms with E-state index in [-0.39, 0.29) is 9.94 Å². The van der Waals surface area contributed by atoms with E-state index in [4.69, 9.17) is 11.6 Å². The normalized spacial score (nSPS) is 16.6. The molecule has 1 heterocycles. The molecule has 1 unspecified atom stereocenters. The molecule has 3 rings (SSSR count). The quantitative estimate of drug-likeness (QED) is 0.905. The molecule has 1 aliphatic rings. The summed E-state index contributed by atoms with van der Waals surface area (Å²) in [6, 6.07) is 12.7. The maximum absolute atomic E-state index is 12.5. The van der Waals surface area contributed by atoms with Gasteiger partial charge in [0.1, 0.15) is 4.91 Å². The van der Waals surface area contributed by atoms with E-state index in [9.17, 15) is 9.00 Å². The number of hydrogen-bond donors (Lipinski definition) is 1. The SMILES string of the molecule is Cc1ccc(NC(=O)C2=C(Cl)c3ccccc3S2=O)cc1C. The fourth-order valence-electron chi connectivity index (χ4n) is 2.31. The van der Waals surface area contributed by atoms with Gasteiger partial charge in [0, 0.05) is 11.3 Å². The monoisotopic (exact) mass is 331 g/mol. The Balaban J connectivity index is 1.92. The molecule has 3 nitrogen and oxygen atoms in total. The van der Waals surface area contributed by atoms with Crippen molar-refractivity contribution in [2.45, 2.75) is 18.7 Å². The van der Waals surface area contributed by atoms with Gasteiger partial charge in [0.25, 0.3) is 5.91 Å². The molecular formula is C17H14ClNO2S. The molecule has 0 aliphatic carbocycles. The van der Waals surface area contributed by atoms with E-state index in [2.05, 4.69) is 5.32 Å². The van der Waals surface area contributed by atoms with Crippen molar-refractivity contribution < 1.29 is 9.00 Å². The molecule has 5 heteroatoms. The fraction of sp³-hybridized carbons (Fsp3) is 0.118. The van der Waals surface area contributed by atoms with Gasteiger partial charge in [-0.2, -0.15) is 0 Å². The zero-order chi connectivity index (χ0) is 15.9. The summed E-state index contributed by atoms with van der Waals surface area (Å²) in [4.78, 5) is 13.1. The van der Waals surface area contributed by atoms with Crippen LogP contribution in [0.5, 0.6) is 0 Å². The highest BCUT2D eigenvalue weighted by Gasteiger charge is 2.32. The fourth-order valence-corrected chi connectivity index (χ4v) is 4.12. The number of rotatable bonds is 2. The van der Waals surface area contributed by atoms with Crippen molar-refractivity contribution in [1.29, 1.82) is 0 Å². The predicted octanol–water partition coefficient (Wildman–Crippen LogP) is 3.97. The summed E-state index contributed by atoms with van der Waals surface area (Å²) in [6.07, 6.45) is 0. The second kappa shape index (κ2) is 5.71. The highest BCUT2D eigenvalue weighted by molar-refractivity contribution is 7.91. The first-order valence-electron chi connectivity index (χ1n) is 6.78. The van der Waals surface area contributed by atoms with E-state index >= 15 is 0 Å². The molecule has 0 fully saturated rings. The Labute approximate surface area is 136 Å². The summed E-state index contributed by atoms with van der Waals surface area (Å²) < 4.78 is 12.5. The van der Waals surface area contributed by atoms with Crippen molar-refractivity contribution in [3.63, 3.8) is 0 Å². The highest BCUT2D eigenvalue weighted by atomic mass is 35.5. The zero-order valence-corrected chi connectivity index (χ0v) is 13.7. The van der Waals surface area contributed by atoms with Crippen LogP contribution in [0, 0.1) is 13.8 Å². The molecule has 0 spiro atoms. The van der Waals surface area contributed by atoms with Crippen molar-refractivity contribution in [2.75, 3.05) is 5.32 Å². The largest absolute Gasteiger partial charge is 0.321 e. The molecule has 1 N–H and O–H groups in total. The summed E-state index contributed by atoms with van der Waals surface area (Å²) in [6.45, 7) is 3.98. The molecule has 0 bridgehead atoms. The lowest BCUT2D eigenvalue weighted by Gasteiger charge is -2.08. The van der Waals surface area contributed by atoms with Gasteiger partial charge >= 0.3 is 0 Å². The van der Waals surface area contributed by atoms with E-state index in [1.165, 1.54) is 0 Å². The van der Waals surface area contributed by atoms with Gasteiger partial charge in [0.15, 0.2) is 0 Å². The van der Waals surface area contributed by atoms with Crippen molar-refractivity contribution in [3.8, 4) is 0 Å². The van der Waals surface area contributed by atoms with Gasteiger partial charge in [0.05, 0.1) is 20.7 Å². The second-order valence-corrected chi connectivity index (χ2v) is 6.92. The van der Waals surface area contributed by atoms with Gasteiger partial charge in [-0.15, -0.1) is 0 Å². The Bertz CT molecular complexity index is 842. The third-order valence-corrected chi connectivity index (χ3v) is 5.70. The van der Waals surface area contributed by atoms with E-state index in [1.807, 2.05) is 38.1 Å².